The van der Waals surface area contributed by atoms with Crippen molar-refractivity contribution in [2.24, 2.45) is 0 Å². The van der Waals surface area contributed by atoms with Gasteiger partial charge in [0.1, 0.15) is 5.75 Å². The topological polar surface area (TPSA) is 9.23 Å². The van der Waals surface area contributed by atoms with E-state index < -0.39 is 0 Å². The van der Waals surface area contributed by atoms with Gasteiger partial charge >= 0.3 is 0 Å². The minimum Gasteiger partial charge on any atom is -0.494 e. The van der Waals surface area contributed by atoms with E-state index in [1.807, 2.05) is 24.3 Å². The summed E-state index contributed by atoms with van der Waals surface area (Å²) in [5, 5.41) is 0. The molecular weight excluding hydrogens is 208 g/mol. The number of unbranched alkanes of at least 4 members (excludes halogenated alkanes) is 5. The Labute approximate surface area is 105 Å². The largest absolute Gasteiger partial charge is 0.494 e. The fraction of sp³-hybridized carbons (Fsp3) is 0.500. The summed E-state index contributed by atoms with van der Waals surface area (Å²) in [6.07, 6.45) is 13.0. The van der Waals surface area contributed by atoms with Crippen LogP contribution in [-0.4, -0.2) is 6.61 Å². The van der Waals surface area contributed by atoms with Crippen LogP contribution in [0.25, 0.3) is 0 Å². The van der Waals surface area contributed by atoms with Crippen LogP contribution in [0.4, 0.5) is 0 Å². The van der Waals surface area contributed by atoms with E-state index in [9.17, 15) is 0 Å². The molecule has 0 amide bonds. The number of hydrogen-bond donors (Lipinski definition) is 0. The normalized spacial score (nSPS) is 9.88. The highest BCUT2D eigenvalue weighted by molar-refractivity contribution is 5.36. The monoisotopic (exact) mass is 230 g/mol. The van der Waals surface area contributed by atoms with Crippen molar-refractivity contribution in [1.82, 2.24) is 0 Å². The van der Waals surface area contributed by atoms with Crippen molar-refractivity contribution in [3.8, 4) is 18.1 Å². The van der Waals surface area contributed by atoms with Gasteiger partial charge in [0.2, 0.25) is 0 Å². The molecule has 0 aliphatic rings. The van der Waals surface area contributed by atoms with Gasteiger partial charge in [0.25, 0.3) is 0 Å². The first-order chi connectivity index (χ1) is 8.36. The molecule has 0 N–H and O–H groups in total. The van der Waals surface area contributed by atoms with Crippen LogP contribution in [0.15, 0.2) is 24.3 Å². The van der Waals surface area contributed by atoms with Crippen LogP contribution >= 0.6 is 0 Å². The van der Waals surface area contributed by atoms with Gasteiger partial charge in [-0.05, 0) is 30.7 Å². The summed E-state index contributed by atoms with van der Waals surface area (Å²) < 4.78 is 5.64. The molecule has 0 unspecified atom stereocenters. The highest BCUT2D eigenvalue weighted by atomic mass is 16.5. The molecule has 17 heavy (non-hydrogen) atoms. The molecule has 92 valence electrons. The lowest BCUT2D eigenvalue weighted by Crippen LogP contribution is -1.97. The Bertz CT molecular complexity index is 332. The average molecular weight is 230 g/mol. The molecule has 0 fully saturated rings. The summed E-state index contributed by atoms with van der Waals surface area (Å²) in [5.41, 5.74) is 0.900. The van der Waals surface area contributed by atoms with Crippen molar-refractivity contribution in [2.75, 3.05) is 6.61 Å². The van der Waals surface area contributed by atoms with Crippen LogP contribution in [0, 0.1) is 12.3 Å². The first-order valence-electron chi connectivity index (χ1n) is 6.56. The molecule has 0 saturated heterocycles. The van der Waals surface area contributed by atoms with E-state index >= 15 is 0 Å². The van der Waals surface area contributed by atoms with Crippen molar-refractivity contribution in [3.05, 3.63) is 29.8 Å². The van der Waals surface area contributed by atoms with Crippen molar-refractivity contribution >= 4 is 0 Å². The minimum atomic E-state index is 0.807. The van der Waals surface area contributed by atoms with Gasteiger partial charge in [-0.15, -0.1) is 6.42 Å². The molecule has 0 aromatic heterocycles. The van der Waals surface area contributed by atoms with Crippen LogP contribution < -0.4 is 4.74 Å². The molecule has 1 aromatic carbocycles. The van der Waals surface area contributed by atoms with E-state index in [1.165, 1.54) is 32.1 Å². The number of ether oxygens (including phenoxy) is 1. The quantitative estimate of drug-likeness (QED) is 0.475. The van der Waals surface area contributed by atoms with Gasteiger partial charge in [0, 0.05) is 5.56 Å². The molecule has 0 aliphatic heterocycles. The van der Waals surface area contributed by atoms with E-state index in [0.717, 1.165) is 24.3 Å². The molecule has 0 atom stereocenters. The molecule has 0 radical (unpaired) electrons. The first kappa shape index (κ1) is 13.6. The third-order valence-electron chi connectivity index (χ3n) is 2.79. The van der Waals surface area contributed by atoms with Gasteiger partial charge in [-0.3, -0.25) is 0 Å². The van der Waals surface area contributed by atoms with Gasteiger partial charge in [-0.25, -0.2) is 0 Å². The summed E-state index contributed by atoms with van der Waals surface area (Å²) in [6, 6.07) is 7.70. The lowest BCUT2D eigenvalue weighted by molar-refractivity contribution is 0.304. The second kappa shape index (κ2) is 8.70. The molecule has 1 rings (SSSR count). The van der Waals surface area contributed by atoms with Gasteiger partial charge in [0.05, 0.1) is 6.61 Å². The highest BCUT2D eigenvalue weighted by Crippen LogP contribution is 2.12. The van der Waals surface area contributed by atoms with Crippen LogP contribution in [0.3, 0.4) is 0 Å². The zero-order chi connectivity index (χ0) is 12.3. The predicted octanol–water partition coefficient (Wildman–Crippen LogP) is 4.41. The maximum Gasteiger partial charge on any atom is 0.119 e. The van der Waals surface area contributed by atoms with Crippen LogP contribution in [-0.2, 0) is 0 Å². The molecule has 1 heteroatoms. The number of terminal acetylenes is 1. The highest BCUT2D eigenvalue weighted by Gasteiger charge is 1.94. The van der Waals surface area contributed by atoms with Crippen molar-refractivity contribution in [2.45, 2.75) is 45.4 Å². The third kappa shape index (κ3) is 6.02. The first-order valence-corrected chi connectivity index (χ1v) is 6.56. The minimum absolute atomic E-state index is 0.807. The Morgan fingerprint density at radius 2 is 1.65 bits per heavy atom. The van der Waals surface area contributed by atoms with Gasteiger partial charge < -0.3 is 4.74 Å². The molecule has 1 aromatic rings. The predicted molar refractivity (Wildman–Crippen MR) is 73.2 cm³/mol. The van der Waals surface area contributed by atoms with E-state index in [0.29, 0.717) is 0 Å². The summed E-state index contributed by atoms with van der Waals surface area (Å²) in [6.45, 7) is 3.05. The lowest BCUT2D eigenvalue weighted by atomic mass is 10.1. The molecule has 0 spiro atoms. The standard InChI is InChI=1S/C16H22O/c1-3-5-6-7-8-9-14-17-16-12-10-15(4-2)11-13-16/h2,10-13H,3,5-9,14H2,1H3. The Kier molecular flexibility index (Phi) is 6.98. The molecule has 0 saturated carbocycles. The van der Waals surface area contributed by atoms with Gasteiger partial charge in [-0.2, -0.15) is 0 Å². The van der Waals surface area contributed by atoms with Crippen LogP contribution in [0.1, 0.15) is 51.0 Å². The second-order valence-electron chi connectivity index (χ2n) is 4.28. The van der Waals surface area contributed by atoms with E-state index in [-0.39, 0.29) is 0 Å². The second-order valence-corrected chi connectivity index (χ2v) is 4.28. The van der Waals surface area contributed by atoms with Crippen molar-refractivity contribution in [3.63, 3.8) is 0 Å². The smallest absolute Gasteiger partial charge is 0.119 e. The van der Waals surface area contributed by atoms with Crippen molar-refractivity contribution < 1.29 is 4.74 Å². The summed E-state index contributed by atoms with van der Waals surface area (Å²) >= 11 is 0. The average Bonchev–Trinajstić information content (AvgIpc) is 2.38. The molecule has 0 aliphatic carbocycles. The number of benzene rings is 1. The molecule has 1 nitrogen and oxygen atoms in total. The van der Waals surface area contributed by atoms with E-state index in [4.69, 9.17) is 11.2 Å². The van der Waals surface area contributed by atoms with Crippen LogP contribution in [0.2, 0.25) is 0 Å². The Morgan fingerprint density at radius 3 is 2.29 bits per heavy atom. The van der Waals surface area contributed by atoms with Gasteiger partial charge in [-0.1, -0.05) is 44.9 Å². The Hall–Kier alpha value is -1.42. The summed E-state index contributed by atoms with van der Waals surface area (Å²) in [7, 11) is 0. The lowest BCUT2D eigenvalue weighted by Gasteiger charge is -2.06. The third-order valence-corrected chi connectivity index (χ3v) is 2.79. The maximum atomic E-state index is 5.64. The van der Waals surface area contributed by atoms with Crippen LogP contribution in [0.5, 0.6) is 5.75 Å². The zero-order valence-corrected chi connectivity index (χ0v) is 10.7. The molecular formula is C16H22O. The summed E-state index contributed by atoms with van der Waals surface area (Å²) in [5.74, 6) is 3.51. The molecule has 0 bridgehead atoms. The SMILES string of the molecule is C#Cc1ccc(OCCCCCCCC)cc1. The number of rotatable bonds is 8. The fourth-order valence-corrected chi connectivity index (χ4v) is 1.72. The van der Waals surface area contributed by atoms with Gasteiger partial charge in [0.15, 0.2) is 0 Å². The number of hydrogen-bond acceptors (Lipinski definition) is 1. The Balaban J connectivity index is 2.08. The zero-order valence-electron chi connectivity index (χ0n) is 10.7. The van der Waals surface area contributed by atoms with E-state index in [2.05, 4.69) is 12.8 Å². The fourth-order valence-electron chi connectivity index (χ4n) is 1.72. The van der Waals surface area contributed by atoms with Crippen molar-refractivity contribution in [1.29, 1.82) is 0 Å². The molecule has 0 heterocycles. The maximum absolute atomic E-state index is 5.64. The summed E-state index contributed by atoms with van der Waals surface area (Å²) in [4.78, 5) is 0. The van der Waals surface area contributed by atoms with E-state index in [1.54, 1.807) is 0 Å². The Morgan fingerprint density at radius 1 is 1.00 bits per heavy atom.